The van der Waals surface area contributed by atoms with Crippen molar-refractivity contribution in [3.05, 3.63) is 468 Å². The Bertz CT molecular complexity index is 4490. The topological polar surface area (TPSA) is 192 Å². The van der Waals surface area contributed by atoms with Crippen molar-refractivity contribution in [2.75, 3.05) is 31.9 Å². The standard InChI is InChI=1S/C17H15NO2.5C16H15NO/c1-13(19)15-8-5-9-16(12-15)18-11-10-17(20)14-6-3-2-4-7-14;5*1-13-6-5-9-15(12-13)17-11-10-16(18)14-7-3-2-4-8-14/h2-12,18H,1H3;5*2-12,17H,1H3/b6*11-10-. The number of hydrogen-bond acceptors (Lipinski definition) is 13. The number of ketones is 7. The van der Waals surface area contributed by atoms with Crippen molar-refractivity contribution < 1.29 is 33.6 Å². The van der Waals surface area contributed by atoms with Crippen LogP contribution >= 0.6 is 0 Å². The van der Waals surface area contributed by atoms with E-state index in [1.54, 1.807) is 128 Å². The summed E-state index contributed by atoms with van der Waals surface area (Å²) in [5.74, 6) is -0.0763. The first kappa shape index (κ1) is 82.9. The van der Waals surface area contributed by atoms with E-state index in [0.717, 1.165) is 34.1 Å². The summed E-state index contributed by atoms with van der Waals surface area (Å²) in [5.41, 5.74) is 16.3. The molecule has 13 nitrogen and oxygen atoms in total. The molecule has 0 aliphatic rings. The first-order valence-corrected chi connectivity index (χ1v) is 35.5. The summed E-state index contributed by atoms with van der Waals surface area (Å²) in [6, 6.07) is 102. The molecule has 6 N–H and O–H groups in total. The van der Waals surface area contributed by atoms with Gasteiger partial charge in [0.15, 0.2) is 40.5 Å². The summed E-state index contributed by atoms with van der Waals surface area (Å²) < 4.78 is 0. The number of allylic oxidation sites excluding steroid dienone is 6. The minimum Gasteiger partial charge on any atom is -0.362 e. The molecule has 110 heavy (non-hydrogen) atoms. The van der Waals surface area contributed by atoms with Gasteiger partial charge in [0.05, 0.1) is 0 Å². The van der Waals surface area contributed by atoms with Crippen LogP contribution in [0.25, 0.3) is 0 Å². The van der Waals surface area contributed by atoms with E-state index in [-0.39, 0.29) is 40.5 Å². The van der Waals surface area contributed by atoms with Crippen molar-refractivity contribution in [2.24, 2.45) is 0 Å². The van der Waals surface area contributed by atoms with Gasteiger partial charge in [-0.25, -0.2) is 0 Å². The zero-order chi connectivity index (χ0) is 78.3. The molecule has 0 aromatic heterocycles. The fourth-order valence-corrected chi connectivity index (χ4v) is 9.98. The Labute approximate surface area is 646 Å². The van der Waals surface area contributed by atoms with Crippen molar-refractivity contribution in [3.8, 4) is 0 Å². The lowest BCUT2D eigenvalue weighted by atomic mass is 10.1. The number of aryl methyl sites for hydroxylation is 5. The molecule has 0 radical (unpaired) electrons. The summed E-state index contributed by atoms with van der Waals surface area (Å²) in [4.78, 5) is 82.0. The summed E-state index contributed by atoms with van der Waals surface area (Å²) in [7, 11) is 0. The number of hydrogen-bond donors (Lipinski definition) is 6. The molecule has 0 aliphatic heterocycles. The van der Waals surface area contributed by atoms with Gasteiger partial charge in [0.1, 0.15) is 0 Å². The third-order valence-corrected chi connectivity index (χ3v) is 15.6. The van der Waals surface area contributed by atoms with Gasteiger partial charge in [0.25, 0.3) is 0 Å². The van der Waals surface area contributed by atoms with Gasteiger partial charge >= 0.3 is 0 Å². The highest BCUT2D eigenvalue weighted by Crippen LogP contribution is 2.17. The largest absolute Gasteiger partial charge is 0.362 e. The Balaban J connectivity index is 0.000000184. The molecule has 13 heteroatoms. The Morgan fingerprint density at radius 3 is 0.509 bits per heavy atom. The van der Waals surface area contributed by atoms with Gasteiger partial charge in [0, 0.05) is 147 Å². The predicted molar refractivity (Wildman–Crippen MR) is 454 cm³/mol. The number of Topliss-reactive ketones (excluding diaryl/α,β-unsaturated/α-hetero) is 1. The lowest BCUT2D eigenvalue weighted by molar-refractivity contribution is 0.101. The van der Waals surface area contributed by atoms with Crippen molar-refractivity contribution in [2.45, 2.75) is 41.5 Å². The highest BCUT2D eigenvalue weighted by atomic mass is 16.1. The Hall–Kier alpha value is -14.4. The Morgan fingerprint density at radius 2 is 0.345 bits per heavy atom. The third-order valence-electron chi connectivity index (χ3n) is 15.6. The number of nitrogens with one attached hydrogen (secondary N) is 6. The normalized spacial score (nSPS) is 10.5. The molecular formula is C97H90N6O7. The molecule has 12 aromatic rings. The minimum atomic E-state index is -0.0687. The summed E-state index contributed by atoms with van der Waals surface area (Å²) in [6.07, 6.45) is 19.1. The molecule has 0 unspecified atom stereocenters. The molecular weight excluding hydrogens is 1360 g/mol. The van der Waals surface area contributed by atoms with Crippen LogP contribution in [0.15, 0.2) is 401 Å². The molecule has 0 aliphatic carbocycles. The molecule has 0 atom stereocenters. The highest BCUT2D eigenvalue weighted by Gasteiger charge is 2.06. The predicted octanol–water partition coefficient (Wildman–Crippen LogP) is 22.7. The lowest BCUT2D eigenvalue weighted by Crippen LogP contribution is -1.97. The van der Waals surface area contributed by atoms with Crippen LogP contribution in [0.5, 0.6) is 0 Å². The monoisotopic (exact) mass is 1450 g/mol. The first-order valence-electron chi connectivity index (χ1n) is 35.5. The van der Waals surface area contributed by atoms with Crippen LogP contribution in [-0.4, -0.2) is 40.5 Å². The number of carbonyl (C=O) groups is 7. The van der Waals surface area contributed by atoms with Crippen LogP contribution in [0.1, 0.15) is 107 Å². The number of benzene rings is 12. The van der Waals surface area contributed by atoms with Crippen LogP contribution in [0, 0.1) is 34.6 Å². The lowest BCUT2D eigenvalue weighted by Gasteiger charge is -2.02. The molecule has 0 amide bonds. The van der Waals surface area contributed by atoms with Gasteiger partial charge in [0.2, 0.25) is 0 Å². The SMILES string of the molecule is CC(=O)c1cccc(N/C=C\C(=O)c2ccccc2)c1.Cc1cccc(N/C=C\C(=O)c2ccccc2)c1.Cc1cccc(N/C=C\C(=O)c2ccccc2)c1.Cc1cccc(N/C=C\C(=O)c2ccccc2)c1.Cc1cccc(N/C=C\C(=O)c2ccccc2)c1.Cc1cccc(N/C=C\C(=O)c2ccccc2)c1. The van der Waals surface area contributed by atoms with Gasteiger partial charge in [-0.2, -0.15) is 0 Å². The molecule has 0 saturated carbocycles. The van der Waals surface area contributed by atoms with E-state index in [4.69, 9.17) is 0 Å². The summed E-state index contributed by atoms with van der Waals surface area (Å²) in [5, 5.41) is 18.4. The fourth-order valence-electron chi connectivity index (χ4n) is 9.98. The van der Waals surface area contributed by atoms with E-state index >= 15 is 0 Å². The second-order valence-electron chi connectivity index (χ2n) is 24.7. The van der Waals surface area contributed by atoms with Crippen LogP contribution < -0.4 is 31.9 Å². The maximum Gasteiger partial charge on any atom is 0.187 e. The fraction of sp³-hybridized carbons (Fsp3) is 0.0619. The van der Waals surface area contributed by atoms with Crippen LogP contribution in [0.4, 0.5) is 34.1 Å². The van der Waals surface area contributed by atoms with Crippen LogP contribution in [0.2, 0.25) is 0 Å². The van der Waals surface area contributed by atoms with E-state index < -0.39 is 0 Å². The van der Waals surface area contributed by atoms with Gasteiger partial charge < -0.3 is 31.9 Å². The molecule has 12 aromatic carbocycles. The van der Waals surface area contributed by atoms with E-state index in [0.29, 0.717) is 38.9 Å². The maximum atomic E-state index is 11.8. The van der Waals surface area contributed by atoms with Gasteiger partial charge in [-0.05, 0) is 142 Å². The average Bonchev–Trinajstić information content (AvgIpc) is 0.872. The number of anilines is 6. The first-order chi connectivity index (χ1) is 53.4. The second-order valence-corrected chi connectivity index (χ2v) is 24.7. The van der Waals surface area contributed by atoms with Crippen molar-refractivity contribution in [1.29, 1.82) is 0 Å². The number of rotatable bonds is 25. The molecule has 12 rings (SSSR count). The second kappa shape index (κ2) is 47.1. The van der Waals surface area contributed by atoms with Gasteiger partial charge in [-0.3, -0.25) is 33.6 Å². The molecule has 0 bridgehead atoms. The zero-order valence-electron chi connectivity index (χ0n) is 62.5. The van der Waals surface area contributed by atoms with E-state index in [9.17, 15) is 33.6 Å². The average molecular weight is 1450 g/mol. The highest BCUT2D eigenvalue weighted by molar-refractivity contribution is 6.07. The molecule has 0 saturated heterocycles. The maximum absolute atomic E-state index is 11.8. The summed E-state index contributed by atoms with van der Waals surface area (Å²) >= 11 is 0. The van der Waals surface area contributed by atoms with Crippen molar-refractivity contribution >= 4 is 74.6 Å². The summed E-state index contributed by atoms with van der Waals surface area (Å²) in [6.45, 7) is 11.7. The minimum absolute atomic E-state index is 0.00393. The molecule has 0 spiro atoms. The molecule has 550 valence electrons. The third kappa shape index (κ3) is 32.3. The van der Waals surface area contributed by atoms with E-state index in [1.165, 1.54) is 71.2 Å². The van der Waals surface area contributed by atoms with Crippen LogP contribution in [0.3, 0.4) is 0 Å². The van der Waals surface area contributed by atoms with Crippen molar-refractivity contribution in [3.63, 3.8) is 0 Å². The van der Waals surface area contributed by atoms with E-state index in [1.807, 2.05) is 271 Å². The smallest absolute Gasteiger partial charge is 0.187 e. The quantitative estimate of drug-likeness (QED) is 0.0234. The zero-order valence-corrected chi connectivity index (χ0v) is 62.5. The Kier molecular flexibility index (Phi) is 35.5. The molecule has 0 heterocycles. The molecule has 0 fully saturated rings. The Morgan fingerprint density at radius 1 is 0.191 bits per heavy atom. The van der Waals surface area contributed by atoms with Gasteiger partial charge in [-0.1, -0.05) is 255 Å². The van der Waals surface area contributed by atoms with Crippen molar-refractivity contribution in [1.82, 2.24) is 0 Å². The van der Waals surface area contributed by atoms with Crippen LogP contribution in [-0.2, 0) is 0 Å². The number of carbonyl (C=O) groups excluding carboxylic acids is 7. The van der Waals surface area contributed by atoms with E-state index in [2.05, 4.69) is 31.9 Å². The van der Waals surface area contributed by atoms with Gasteiger partial charge in [-0.15, -0.1) is 0 Å².